The van der Waals surface area contributed by atoms with Crippen LogP contribution in [0.5, 0.6) is 0 Å². The molecule has 0 fully saturated rings. The molecule has 0 spiro atoms. The van der Waals surface area contributed by atoms with Gasteiger partial charge >= 0.3 is 5.97 Å². The zero-order valence-corrected chi connectivity index (χ0v) is 57.6. The number of Topliss-reactive ketones (excluding diaryl/α,β-unsaturated/α-hetero) is 1. The minimum atomic E-state index is -0.928. The molecule has 5 aromatic carbocycles. The average molecular weight is 1370 g/mol. The first kappa shape index (κ1) is 104. The van der Waals surface area contributed by atoms with Crippen LogP contribution >= 0.6 is 24.0 Å². The van der Waals surface area contributed by atoms with Crippen molar-refractivity contribution < 1.29 is 52.2 Å². The Labute approximate surface area is 568 Å². The molecule has 8 N–H and O–H groups in total. The summed E-state index contributed by atoms with van der Waals surface area (Å²) in [5.41, 5.74) is 19.1. The number of halogens is 1. The maximum atomic E-state index is 12.5. The number of nitrogens with zero attached hydrogens (tertiary/aromatic N) is 3. The standard InChI is InChI=1S/C19H17N3O.C13H12N2O2.C8H9NO.C6H6N.C6H7N.8C2H6.4CH4.HI.Y/c23-19(22-16-6-2-1-3-7-16)17-8-4-5-9-18(17)21-14-15-10-12-20-13-11-15;16-13(17)11-3-1-2-4-12(11)15-9-10-5-7-14-8-6-10;1-6(10)7-4-2-3-5-8(7)9;1-6-2-4-7-5-3-6;7-6-4-2-1-3-5-6;8*1-2;;;;;;/h1-13,21H,14H2,(H,22,23);1-8,15H,9H2,(H,16,17);2-5H,9H2,1H3;2-5H,1H2;1-5H,7H2;8*1-2H3;4*1H4;1H;/q;;;-1;;;;;;;;;;;;;;;. The molecule has 0 atom stereocenters. The topological polar surface area (TPSA) is 198 Å². The van der Waals surface area contributed by atoms with E-state index in [1.165, 1.54) is 6.92 Å². The molecule has 0 saturated carbocycles. The van der Waals surface area contributed by atoms with Crippen molar-refractivity contribution in [2.24, 2.45) is 0 Å². The number of nitrogens with one attached hydrogen (secondary N) is 3. The molecular formula is C72H116IN8O4Y-. The Morgan fingerprint density at radius 3 is 1.03 bits per heavy atom. The van der Waals surface area contributed by atoms with Crippen LogP contribution in [0.25, 0.3) is 0 Å². The Balaban J connectivity index is -0.0000000885. The average Bonchev–Trinajstić information content (AvgIpc) is 3.55. The fraction of sp³-hybridized carbons (Fsp3) is 0.319. The number of aromatic nitrogens is 3. The molecule has 8 rings (SSSR count). The van der Waals surface area contributed by atoms with Crippen LogP contribution in [0.3, 0.4) is 0 Å². The number of carbonyl (C=O) groups excluding carboxylic acids is 2. The summed E-state index contributed by atoms with van der Waals surface area (Å²) in [6.07, 6.45) is 10.4. The van der Waals surface area contributed by atoms with Crippen LogP contribution in [-0.4, -0.2) is 37.7 Å². The van der Waals surface area contributed by atoms with Gasteiger partial charge in [-0.05, 0) is 115 Å². The number of nitrogens with two attached hydrogens (primary N) is 2. The van der Waals surface area contributed by atoms with E-state index in [2.05, 4.69) is 37.8 Å². The summed E-state index contributed by atoms with van der Waals surface area (Å²) in [6, 6.07) is 51.7. The van der Waals surface area contributed by atoms with Gasteiger partial charge in [0.15, 0.2) is 5.78 Å². The van der Waals surface area contributed by atoms with Gasteiger partial charge in [-0.1, -0.05) is 213 Å². The molecule has 1 amide bonds. The van der Waals surface area contributed by atoms with Gasteiger partial charge in [-0.2, -0.15) is 12.5 Å². The SMILES string of the molecule is C.C.C.C.CC.CC.CC.CC.CC.CC.CC.CC.CC(=O)c1ccccc1N.I.Nc1ccccc1.O=C(Nc1ccccc1)c1ccccc1NCc1ccncc1.O=C(O)c1ccccc1NCc1ccncc1.[CH2-]c1ccncc1.[Y]. The van der Waals surface area contributed by atoms with Crippen molar-refractivity contribution in [3.8, 4) is 0 Å². The molecule has 0 aliphatic rings. The van der Waals surface area contributed by atoms with Gasteiger partial charge in [0.1, 0.15) is 0 Å². The third-order valence-electron chi connectivity index (χ3n) is 8.71. The fourth-order valence-electron chi connectivity index (χ4n) is 5.43. The van der Waals surface area contributed by atoms with Gasteiger partial charge in [0.2, 0.25) is 0 Å². The number of carboxylic acids is 1. The van der Waals surface area contributed by atoms with E-state index < -0.39 is 5.97 Å². The number of hydrogen-bond donors (Lipinski definition) is 6. The molecule has 0 saturated heterocycles. The number of rotatable bonds is 10. The van der Waals surface area contributed by atoms with Gasteiger partial charge in [-0.3, -0.25) is 24.5 Å². The second-order valence-electron chi connectivity index (χ2n) is 13.5. The molecule has 1 radical (unpaired) electrons. The number of carboxylic acid groups (broad SMARTS) is 1. The molecule has 3 heterocycles. The predicted molar refractivity (Wildman–Crippen MR) is 391 cm³/mol. The number of nitrogen functional groups attached to an aromatic ring is 2. The molecule has 12 nitrogen and oxygen atoms in total. The first-order chi connectivity index (χ1) is 39.1. The van der Waals surface area contributed by atoms with Crippen LogP contribution in [0.1, 0.15) is 195 Å². The van der Waals surface area contributed by atoms with Crippen molar-refractivity contribution in [3.05, 3.63) is 247 Å². The van der Waals surface area contributed by atoms with E-state index in [0.29, 0.717) is 35.6 Å². The Bertz CT molecular complexity index is 2570. The minimum absolute atomic E-state index is 0. The molecule has 8 aromatic rings. The zero-order chi connectivity index (χ0) is 61.8. The van der Waals surface area contributed by atoms with Crippen LogP contribution in [0.15, 0.2) is 207 Å². The van der Waals surface area contributed by atoms with E-state index in [9.17, 15) is 14.4 Å². The fourth-order valence-corrected chi connectivity index (χ4v) is 5.43. The van der Waals surface area contributed by atoms with E-state index in [0.717, 1.165) is 33.8 Å². The second-order valence-corrected chi connectivity index (χ2v) is 13.5. The minimum Gasteiger partial charge on any atom is -0.478 e. The van der Waals surface area contributed by atoms with Crippen LogP contribution in [0.2, 0.25) is 0 Å². The molecule has 0 aliphatic carbocycles. The van der Waals surface area contributed by atoms with Crippen molar-refractivity contribution in [1.29, 1.82) is 0 Å². The summed E-state index contributed by atoms with van der Waals surface area (Å²) in [6.45, 7) is 38.4. The number of benzene rings is 5. The van der Waals surface area contributed by atoms with E-state index >= 15 is 0 Å². The van der Waals surface area contributed by atoms with E-state index in [-0.39, 0.29) is 104 Å². The molecule has 0 unspecified atom stereocenters. The summed E-state index contributed by atoms with van der Waals surface area (Å²) >= 11 is 0. The molecule has 86 heavy (non-hydrogen) atoms. The van der Waals surface area contributed by atoms with Gasteiger partial charge in [-0.25, -0.2) is 4.79 Å². The molecule has 3 aromatic heterocycles. The first-order valence-corrected chi connectivity index (χ1v) is 28.0. The second kappa shape index (κ2) is 78.1. The molecule has 0 aliphatic heterocycles. The van der Waals surface area contributed by atoms with Crippen LogP contribution < -0.4 is 27.4 Å². The smallest absolute Gasteiger partial charge is 0.337 e. The monoisotopic (exact) mass is 1370 g/mol. The van der Waals surface area contributed by atoms with Gasteiger partial charge in [0, 0.05) is 105 Å². The molecule has 14 heteroatoms. The number of aromatic carboxylic acids is 1. The number of hydrogen-bond acceptors (Lipinski definition) is 10. The van der Waals surface area contributed by atoms with Crippen LogP contribution in [0.4, 0.5) is 28.4 Å². The predicted octanol–water partition coefficient (Wildman–Crippen LogP) is 21.7. The van der Waals surface area contributed by atoms with Crippen molar-refractivity contribution in [3.63, 3.8) is 0 Å². The Morgan fingerprint density at radius 1 is 0.430 bits per heavy atom. The first-order valence-electron chi connectivity index (χ1n) is 28.0. The summed E-state index contributed by atoms with van der Waals surface area (Å²) in [5, 5.41) is 18.3. The molecule has 479 valence electrons. The summed E-state index contributed by atoms with van der Waals surface area (Å²) in [5.74, 6) is -1.05. The largest absolute Gasteiger partial charge is 0.478 e. The Hall–Kier alpha value is -6.94. The maximum absolute atomic E-state index is 12.5. The number of ketones is 1. The molecular weight excluding hydrogens is 1260 g/mol. The summed E-state index contributed by atoms with van der Waals surface area (Å²) in [4.78, 5) is 46.0. The zero-order valence-electron chi connectivity index (χ0n) is 52.4. The van der Waals surface area contributed by atoms with E-state index in [1.54, 1.807) is 79.6 Å². The Morgan fingerprint density at radius 2 is 0.733 bits per heavy atom. The van der Waals surface area contributed by atoms with Gasteiger partial charge in [0.05, 0.1) is 11.1 Å². The van der Waals surface area contributed by atoms with Gasteiger partial charge < -0.3 is 32.5 Å². The molecule has 0 bridgehead atoms. The number of amides is 1. The van der Waals surface area contributed by atoms with Gasteiger partial charge in [0.25, 0.3) is 5.91 Å². The number of para-hydroxylation sites is 5. The van der Waals surface area contributed by atoms with E-state index in [1.807, 2.05) is 238 Å². The van der Waals surface area contributed by atoms with Crippen LogP contribution in [0, 0.1) is 6.92 Å². The van der Waals surface area contributed by atoms with Crippen molar-refractivity contribution in [2.75, 3.05) is 27.4 Å². The van der Waals surface area contributed by atoms with Crippen molar-refractivity contribution in [1.82, 2.24) is 15.0 Å². The van der Waals surface area contributed by atoms with Crippen molar-refractivity contribution in [2.45, 2.75) is 160 Å². The number of pyridine rings is 3. The van der Waals surface area contributed by atoms with Crippen LogP contribution in [-0.2, 0) is 45.8 Å². The third-order valence-corrected chi connectivity index (χ3v) is 8.71. The third kappa shape index (κ3) is 52.6. The maximum Gasteiger partial charge on any atom is 0.337 e. The summed E-state index contributed by atoms with van der Waals surface area (Å²) in [7, 11) is 0. The van der Waals surface area contributed by atoms with Gasteiger partial charge in [-0.15, -0.1) is 36.1 Å². The Kier molecular flexibility index (Phi) is 94.4. The summed E-state index contributed by atoms with van der Waals surface area (Å²) < 4.78 is 0. The number of carbonyl (C=O) groups is 3. The quantitative estimate of drug-likeness (QED) is 0.0330. The van der Waals surface area contributed by atoms with Crippen molar-refractivity contribution >= 4 is 70.1 Å². The van der Waals surface area contributed by atoms with E-state index in [4.69, 9.17) is 16.6 Å². The normalized spacial score (nSPS) is 7.69. The number of anilines is 5.